The van der Waals surface area contributed by atoms with Crippen molar-refractivity contribution in [1.29, 1.82) is 0 Å². The molecule has 1 N–H and O–H groups in total. The highest BCUT2D eigenvalue weighted by Crippen LogP contribution is 2.56. The van der Waals surface area contributed by atoms with Gasteiger partial charge in [-0.15, -0.1) is 0 Å². The van der Waals surface area contributed by atoms with Crippen LogP contribution in [-0.4, -0.2) is 10.9 Å². The van der Waals surface area contributed by atoms with Crippen molar-refractivity contribution >= 4 is 11.4 Å². The van der Waals surface area contributed by atoms with Crippen LogP contribution in [0.1, 0.15) is 50.2 Å². The van der Waals surface area contributed by atoms with E-state index in [-0.39, 0.29) is 5.41 Å². The lowest BCUT2D eigenvalue weighted by molar-refractivity contribution is -0.126. The Morgan fingerprint density at radius 2 is 2.05 bits per heavy atom. The Bertz CT molecular complexity index is 641. The minimum Gasteiger partial charge on any atom is -0.508 e. The molecule has 2 nitrogen and oxygen atoms in total. The summed E-state index contributed by atoms with van der Waals surface area (Å²) >= 11 is 0. The number of allylic oxidation sites excluding steroid dienone is 2. The van der Waals surface area contributed by atoms with Crippen molar-refractivity contribution in [2.45, 2.75) is 45.4 Å². The van der Waals surface area contributed by atoms with Gasteiger partial charge < -0.3 is 5.11 Å². The normalized spacial score (nSPS) is 31.9. The van der Waals surface area contributed by atoms with Crippen molar-refractivity contribution in [1.82, 2.24) is 0 Å². The van der Waals surface area contributed by atoms with Crippen LogP contribution in [0.4, 0.5) is 0 Å². The molecule has 1 saturated carbocycles. The van der Waals surface area contributed by atoms with Gasteiger partial charge in [0.1, 0.15) is 11.5 Å². The lowest BCUT2D eigenvalue weighted by atomic mass is 9.63. The van der Waals surface area contributed by atoms with Crippen molar-refractivity contribution in [3.63, 3.8) is 0 Å². The number of rotatable bonds is 0. The summed E-state index contributed by atoms with van der Waals surface area (Å²) in [6, 6.07) is 5.77. The van der Waals surface area contributed by atoms with E-state index in [4.69, 9.17) is 0 Å². The fourth-order valence-corrected chi connectivity index (χ4v) is 4.69. The topological polar surface area (TPSA) is 37.3 Å². The first-order chi connectivity index (χ1) is 9.59. The average molecular weight is 268 g/mol. The fourth-order valence-electron chi connectivity index (χ4n) is 4.69. The second-order valence-corrected chi connectivity index (χ2v) is 6.78. The number of benzene rings is 1. The Labute approximate surface area is 119 Å². The molecule has 4 rings (SSSR count). The van der Waals surface area contributed by atoms with Crippen LogP contribution < -0.4 is 0 Å². The molecule has 0 spiro atoms. The number of aryl methyl sites for hydroxylation is 1. The van der Waals surface area contributed by atoms with Crippen molar-refractivity contribution in [3.05, 3.63) is 34.9 Å². The van der Waals surface area contributed by atoms with E-state index in [9.17, 15) is 9.90 Å². The first kappa shape index (κ1) is 12.2. The minimum absolute atomic E-state index is 0.0900. The Morgan fingerprint density at radius 3 is 2.90 bits per heavy atom. The molecule has 20 heavy (non-hydrogen) atoms. The summed E-state index contributed by atoms with van der Waals surface area (Å²) in [5.41, 5.74) is 5.53. The van der Waals surface area contributed by atoms with Gasteiger partial charge in [-0.25, -0.2) is 0 Å². The van der Waals surface area contributed by atoms with Gasteiger partial charge in [0, 0.05) is 11.8 Å². The van der Waals surface area contributed by atoms with Gasteiger partial charge in [0.15, 0.2) is 0 Å². The Balaban J connectivity index is 1.85. The van der Waals surface area contributed by atoms with Gasteiger partial charge in [-0.1, -0.05) is 18.6 Å². The molecule has 0 heterocycles. The molecule has 3 aliphatic carbocycles. The van der Waals surface area contributed by atoms with E-state index in [1.54, 1.807) is 11.6 Å². The molecule has 0 radical (unpaired) electrons. The Hall–Kier alpha value is -1.57. The summed E-state index contributed by atoms with van der Waals surface area (Å²) in [5, 5.41) is 9.65. The van der Waals surface area contributed by atoms with Crippen molar-refractivity contribution in [2.75, 3.05) is 0 Å². The molecule has 0 amide bonds. The van der Waals surface area contributed by atoms with Gasteiger partial charge in [0.05, 0.1) is 0 Å². The van der Waals surface area contributed by atoms with Crippen LogP contribution >= 0.6 is 0 Å². The maximum atomic E-state index is 12.2. The maximum Gasteiger partial charge on any atom is 0.139 e. The van der Waals surface area contributed by atoms with Crippen LogP contribution in [0.15, 0.2) is 23.8 Å². The smallest absolute Gasteiger partial charge is 0.139 e. The standard InChI is InChI=1S/C18H20O2/c1-18-9-8-14-13-5-3-12(19)10-11(13)2-4-15(14)16(18)6-7-17(18)20/h3,5,10,16,19H,2,4,6-9H2,1H3. The number of hydrogen-bond donors (Lipinski definition) is 1. The predicted molar refractivity (Wildman–Crippen MR) is 78.4 cm³/mol. The lowest BCUT2D eigenvalue weighted by Crippen LogP contribution is -2.34. The number of hydrogen-bond acceptors (Lipinski definition) is 2. The van der Waals surface area contributed by atoms with Crippen LogP contribution in [-0.2, 0) is 11.2 Å². The molecular weight excluding hydrogens is 248 g/mol. The Kier molecular flexibility index (Phi) is 2.42. The largest absolute Gasteiger partial charge is 0.508 e. The number of carbonyl (C=O) groups excluding carboxylic acids is 1. The van der Waals surface area contributed by atoms with Gasteiger partial charge in [-0.2, -0.15) is 0 Å². The van der Waals surface area contributed by atoms with E-state index >= 15 is 0 Å². The zero-order chi connectivity index (χ0) is 13.9. The molecular formula is C18H20O2. The zero-order valence-electron chi connectivity index (χ0n) is 11.9. The van der Waals surface area contributed by atoms with Crippen molar-refractivity contribution < 1.29 is 9.90 Å². The SMILES string of the molecule is CC12CCC3=C(CCc4cc(O)ccc43)C1CCC2=O. The van der Waals surface area contributed by atoms with E-state index < -0.39 is 0 Å². The maximum absolute atomic E-state index is 12.2. The molecule has 0 saturated heterocycles. The summed E-state index contributed by atoms with van der Waals surface area (Å²) < 4.78 is 0. The first-order valence-corrected chi connectivity index (χ1v) is 7.67. The lowest BCUT2D eigenvalue weighted by Gasteiger charge is -2.40. The molecule has 3 aliphatic rings. The average Bonchev–Trinajstić information content (AvgIpc) is 2.74. The summed E-state index contributed by atoms with van der Waals surface area (Å²) in [5.74, 6) is 1.32. The molecule has 1 aromatic rings. The molecule has 2 atom stereocenters. The highest BCUT2D eigenvalue weighted by atomic mass is 16.3. The molecule has 2 heteroatoms. The predicted octanol–water partition coefficient (Wildman–Crippen LogP) is 3.87. The summed E-state index contributed by atoms with van der Waals surface area (Å²) in [7, 11) is 0. The van der Waals surface area contributed by atoms with E-state index in [0.717, 1.165) is 38.5 Å². The van der Waals surface area contributed by atoms with Crippen molar-refractivity contribution in [2.24, 2.45) is 11.3 Å². The molecule has 1 aromatic carbocycles. The third-order valence-electron chi connectivity index (χ3n) is 5.85. The number of ketones is 1. The first-order valence-electron chi connectivity index (χ1n) is 7.67. The van der Waals surface area contributed by atoms with Gasteiger partial charge in [-0.3, -0.25) is 4.79 Å². The van der Waals surface area contributed by atoms with Gasteiger partial charge >= 0.3 is 0 Å². The molecule has 0 aromatic heterocycles. The van der Waals surface area contributed by atoms with E-state index in [0.29, 0.717) is 17.5 Å². The zero-order valence-corrected chi connectivity index (χ0v) is 11.9. The fraction of sp³-hybridized carbons (Fsp3) is 0.500. The number of carbonyl (C=O) groups is 1. The van der Waals surface area contributed by atoms with Crippen LogP contribution in [0.3, 0.4) is 0 Å². The van der Waals surface area contributed by atoms with Crippen LogP contribution in [0.5, 0.6) is 5.75 Å². The number of phenolic OH excluding ortho intramolecular Hbond substituents is 1. The van der Waals surface area contributed by atoms with Gasteiger partial charge in [-0.05, 0) is 66.9 Å². The van der Waals surface area contributed by atoms with Gasteiger partial charge in [0.25, 0.3) is 0 Å². The molecule has 0 aliphatic heterocycles. The molecule has 104 valence electrons. The number of Topliss-reactive ketones (excluding diaryl/α,β-unsaturated/α-hetero) is 1. The number of aromatic hydroxyl groups is 1. The highest BCUT2D eigenvalue weighted by molar-refractivity contribution is 5.90. The summed E-state index contributed by atoms with van der Waals surface area (Å²) in [4.78, 5) is 12.2. The third-order valence-corrected chi connectivity index (χ3v) is 5.85. The second-order valence-electron chi connectivity index (χ2n) is 6.78. The van der Waals surface area contributed by atoms with Crippen LogP contribution in [0.25, 0.3) is 5.57 Å². The van der Waals surface area contributed by atoms with E-state index in [1.807, 2.05) is 6.07 Å². The monoisotopic (exact) mass is 268 g/mol. The van der Waals surface area contributed by atoms with Crippen LogP contribution in [0.2, 0.25) is 0 Å². The van der Waals surface area contributed by atoms with Crippen LogP contribution in [0, 0.1) is 11.3 Å². The summed E-state index contributed by atoms with van der Waals surface area (Å²) in [6.45, 7) is 2.18. The molecule has 2 unspecified atom stereocenters. The summed E-state index contributed by atoms with van der Waals surface area (Å²) in [6.07, 6.45) is 5.89. The molecule has 0 bridgehead atoms. The second kappa shape index (κ2) is 3.97. The quantitative estimate of drug-likeness (QED) is 0.775. The van der Waals surface area contributed by atoms with Crippen molar-refractivity contribution in [3.8, 4) is 5.75 Å². The third kappa shape index (κ3) is 1.48. The van der Waals surface area contributed by atoms with Gasteiger partial charge in [0.2, 0.25) is 0 Å². The van der Waals surface area contributed by atoms with E-state index in [1.165, 1.54) is 16.7 Å². The highest BCUT2D eigenvalue weighted by Gasteiger charge is 2.50. The minimum atomic E-state index is -0.0900. The number of phenols is 1. The number of fused-ring (bicyclic) bond motifs is 4. The molecule has 1 fully saturated rings. The Morgan fingerprint density at radius 1 is 1.20 bits per heavy atom. The van der Waals surface area contributed by atoms with E-state index in [2.05, 4.69) is 13.0 Å².